The van der Waals surface area contributed by atoms with E-state index in [1.165, 1.54) is 103 Å². The summed E-state index contributed by atoms with van der Waals surface area (Å²) < 4.78 is 17.3. The summed E-state index contributed by atoms with van der Waals surface area (Å²) in [5.41, 5.74) is 0. The molecule has 0 saturated carbocycles. The van der Waals surface area contributed by atoms with Gasteiger partial charge in [0.15, 0.2) is 0 Å². The molecule has 310 valence electrons. The molecule has 52 heavy (non-hydrogen) atoms. The van der Waals surface area contributed by atoms with Gasteiger partial charge in [-0.15, -0.1) is 0 Å². The first-order valence-electron chi connectivity index (χ1n) is 22.8. The lowest BCUT2D eigenvalue weighted by Gasteiger charge is -2.21. The van der Waals surface area contributed by atoms with Gasteiger partial charge in [0.05, 0.1) is 25.7 Å². The lowest BCUT2D eigenvalue weighted by Crippen LogP contribution is -2.29. The van der Waals surface area contributed by atoms with E-state index < -0.39 is 0 Å². The number of carbonyl (C=O) groups is 2. The zero-order valence-corrected chi connectivity index (χ0v) is 35.3. The second-order valence-electron chi connectivity index (χ2n) is 15.5. The maximum Gasteiger partial charge on any atom is 0.311 e. The summed E-state index contributed by atoms with van der Waals surface area (Å²) in [6.07, 6.45) is 34.4. The number of aliphatic hydroxyl groups is 1. The van der Waals surface area contributed by atoms with Crippen LogP contribution in [0.25, 0.3) is 0 Å². The molecule has 1 atom stereocenters. The third kappa shape index (κ3) is 34.6. The van der Waals surface area contributed by atoms with E-state index in [1.54, 1.807) is 0 Å². The van der Waals surface area contributed by atoms with Crippen molar-refractivity contribution >= 4 is 11.9 Å². The molecule has 0 saturated heterocycles. The fraction of sp³-hybridized carbons (Fsp3) is 0.956. The molecule has 0 bridgehead atoms. The van der Waals surface area contributed by atoms with Crippen molar-refractivity contribution < 1.29 is 28.9 Å². The van der Waals surface area contributed by atoms with Gasteiger partial charge in [-0.2, -0.15) is 0 Å². The third-order valence-corrected chi connectivity index (χ3v) is 10.5. The standard InChI is InChI=1S/C45H89NO6/c1-5-9-12-15-19-25-32-43(33-26-20-16-13-10-6-2)52-44(48)34-27-21-17-22-28-35-46(37-38-47)36-29-23-18-24-31-40-51-45(49)42(8-4)41-50-39-30-14-11-7-3/h42-43,47H,5-41H2,1-4H3. The smallest absolute Gasteiger partial charge is 0.311 e. The molecule has 0 aromatic heterocycles. The number of hydrogen-bond acceptors (Lipinski definition) is 7. The number of esters is 2. The van der Waals surface area contributed by atoms with Crippen LogP contribution in [0.4, 0.5) is 0 Å². The van der Waals surface area contributed by atoms with E-state index in [4.69, 9.17) is 14.2 Å². The van der Waals surface area contributed by atoms with Gasteiger partial charge >= 0.3 is 11.9 Å². The summed E-state index contributed by atoms with van der Waals surface area (Å²) in [4.78, 5) is 27.5. The average Bonchev–Trinajstić information content (AvgIpc) is 3.14. The Labute approximate surface area is 323 Å². The lowest BCUT2D eigenvalue weighted by atomic mass is 10.0. The summed E-state index contributed by atoms with van der Waals surface area (Å²) in [5.74, 6) is -0.250. The topological polar surface area (TPSA) is 85.3 Å². The van der Waals surface area contributed by atoms with Gasteiger partial charge in [0.25, 0.3) is 0 Å². The minimum Gasteiger partial charge on any atom is -0.465 e. The van der Waals surface area contributed by atoms with Crippen molar-refractivity contribution in [3.05, 3.63) is 0 Å². The first kappa shape index (κ1) is 50.8. The third-order valence-electron chi connectivity index (χ3n) is 10.5. The van der Waals surface area contributed by atoms with E-state index in [-0.39, 0.29) is 30.6 Å². The van der Waals surface area contributed by atoms with Crippen LogP contribution in [0.5, 0.6) is 0 Å². The molecule has 7 heteroatoms. The fourth-order valence-electron chi connectivity index (χ4n) is 6.89. The molecule has 1 unspecified atom stereocenters. The van der Waals surface area contributed by atoms with E-state index in [1.807, 2.05) is 6.92 Å². The van der Waals surface area contributed by atoms with Crippen molar-refractivity contribution in [3.8, 4) is 0 Å². The summed E-state index contributed by atoms with van der Waals surface area (Å²) in [6.45, 7) is 13.4. The zero-order chi connectivity index (χ0) is 38.2. The van der Waals surface area contributed by atoms with Crippen LogP contribution in [0.3, 0.4) is 0 Å². The van der Waals surface area contributed by atoms with Gasteiger partial charge < -0.3 is 24.2 Å². The van der Waals surface area contributed by atoms with Gasteiger partial charge in [-0.25, -0.2) is 0 Å². The highest BCUT2D eigenvalue weighted by Gasteiger charge is 2.18. The van der Waals surface area contributed by atoms with Crippen molar-refractivity contribution in [2.24, 2.45) is 5.92 Å². The SMILES string of the molecule is CCCCCCCCC(CCCCCCCC)OC(=O)CCCCCCCN(CCO)CCCCCCCOC(=O)C(CC)COCCCCCC. The van der Waals surface area contributed by atoms with Crippen LogP contribution in [0.1, 0.15) is 220 Å². The Balaban J connectivity index is 4.03. The second kappa shape index (κ2) is 41.0. The predicted molar refractivity (Wildman–Crippen MR) is 220 cm³/mol. The molecule has 0 heterocycles. The van der Waals surface area contributed by atoms with E-state index in [0.29, 0.717) is 19.6 Å². The van der Waals surface area contributed by atoms with Crippen LogP contribution < -0.4 is 0 Å². The van der Waals surface area contributed by atoms with Gasteiger partial charge in [-0.1, -0.05) is 150 Å². The Morgan fingerprint density at radius 2 is 1.00 bits per heavy atom. The first-order chi connectivity index (χ1) is 25.5. The van der Waals surface area contributed by atoms with Crippen LogP contribution >= 0.6 is 0 Å². The average molecular weight is 740 g/mol. The molecule has 0 aliphatic rings. The summed E-state index contributed by atoms with van der Waals surface area (Å²) in [7, 11) is 0. The van der Waals surface area contributed by atoms with Gasteiger partial charge in [0.1, 0.15) is 6.10 Å². The minimum atomic E-state index is -0.149. The van der Waals surface area contributed by atoms with Crippen LogP contribution in [0.2, 0.25) is 0 Å². The highest BCUT2D eigenvalue weighted by Crippen LogP contribution is 2.18. The second-order valence-corrected chi connectivity index (χ2v) is 15.5. The zero-order valence-electron chi connectivity index (χ0n) is 35.3. The summed E-state index contributed by atoms with van der Waals surface area (Å²) in [5, 5.41) is 9.56. The number of rotatable bonds is 42. The molecule has 7 nitrogen and oxygen atoms in total. The number of hydrogen-bond donors (Lipinski definition) is 1. The number of nitrogens with zero attached hydrogens (tertiary/aromatic N) is 1. The molecule has 1 N–H and O–H groups in total. The molecular formula is C45H89NO6. The van der Waals surface area contributed by atoms with Crippen LogP contribution in [-0.4, -0.2) is 74.1 Å². The van der Waals surface area contributed by atoms with Gasteiger partial charge in [0, 0.05) is 19.6 Å². The van der Waals surface area contributed by atoms with Crippen molar-refractivity contribution in [2.45, 2.75) is 226 Å². The normalized spacial score (nSPS) is 12.2. The maximum absolute atomic E-state index is 12.7. The molecule has 0 spiro atoms. The van der Waals surface area contributed by atoms with E-state index in [9.17, 15) is 14.7 Å². The Hall–Kier alpha value is -1.18. The Kier molecular flexibility index (Phi) is 40.1. The monoisotopic (exact) mass is 740 g/mol. The van der Waals surface area contributed by atoms with Crippen molar-refractivity contribution in [1.29, 1.82) is 0 Å². The Bertz CT molecular complexity index is 733. The quantitative estimate of drug-likeness (QED) is 0.0493. The molecule has 0 fully saturated rings. The minimum absolute atomic E-state index is 0.0103. The highest BCUT2D eigenvalue weighted by atomic mass is 16.5. The van der Waals surface area contributed by atoms with Gasteiger partial charge in [-0.3, -0.25) is 9.59 Å². The van der Waals surface area contributed by atoms with E-state index >= 15 is 0 Å². The highest BCUT2D eigenvalue weighted by molar-refractivity contribution is 5.72. The van der Waals surface area contributed by atoms with Crippen LogP contribution in [0.15, 0.2) is 0 Å². The molecule has 0 rings (SSSR count). The summed E-state index contributed by atoms with van der Waals surface area (Å²) >= 11 is 0. The van der Waals surface area contributed by atoms with E-state index in [2.05, 4.69) is 25.7 Å². The molecule has 0 amide bonds. The summed E-state index contributed by atoms with van der Waals surface area (Å²) in [6, 6.07) is 0. The Morgan fingerprint density at radius 3 is 1.54 bits per heavy atom. The molecule has 0 aliphatic carbocycles. The number of carbonyl (C=O) groups excluding carboxylic acids is 2. The predicted octanol–water partition coefficient (Wildman–Crippen LogP) is 12.2. The molecule has 0 radical (unpaired) electrons. The molecular weight excluding hydrogens is 650 g/mol. The molecule has 0 aliphatic heterocycles. The number of unbranched alkanes of at least 4 members (excludes halogenated alkanes) is 21. The fourth-order valence-corrected chi connectivity index (χ4v) is 6.89. The van der Waals surface area contributed by atoms with Crippen LogP contribution in [0, 0.1) is 5.92 Å². The largest absolute Gasteiger partial charge is 0.465 e. The lowest BCUT2D eigenvalue weighted by molar-refractivity contribution is -0.151. The number of ether oxygens (including phenoxy) is 3. The van der Waals surface area contributed by atoms with Crippen molar-refractivity contribution in [2.75, 3.05) is 46.1 Å². The number of aliphatic hydroxyl groups excluding tert-OH is 1. The van der Waals surface area contributed by atoms with Gasteiger partial charge in [-0.05, 0) is 77.3 Å². The van der Waals surface area contributed by atoms with Gasteiger partial charge in [0.2, 0.25) is 0 Å². The molecule has 0 aromatic rings. The van der Waals surface area contributed by atoms with E-state index in [0.717, 1.165) is 110 Å². The Morgan fingerprint density at radius 1 is 0.538 bits per heavy atom. The van der Waals surface area contributed by atoms with Crippen LogP contribution in [-0.2, 0) is 23.8 Å². The van der Waals surface area contributed by atoms with Crippen molar-refractivity contribution in [3.63, 3.8) is 0 Å². The van der Waals surface area contributed by atoms with Crippen molar-refractivity contribution in [1.82, 2.24) is 4.90 Å². The maximum atomic E-state index is 12.7. The first-order valence-corrected chi connectivity index (χ1v) is 22.8. The molecule has 0 aromatic carbocycles.